The average Bonchev–Trinajstić information content (AvgIpc) is 3.29. The van der Waals surface area contributed by atoms with E-state index in [0.29, 0.717) is 38.5 Å². The van der Waals surface area contributed by atoms with Gasteiger partial charge in [0.25, 0.3) is 0 Å². The van der Waals surface area contributed by atoms with Gasteiger partial charge in [-0.25, -0.2) is 0 Å². The van der Waals surface area contributed by atoms with Crippen molar-refractivity contribution in [2.24, 2.45) is 16.8 Å². The van der Waals surface area contributed by atoms with Gasteiger partial charge in [-0.1, -0.05) is 77.4 Å². The van der Waals surface area contributed by atoms with Crippen molar-refractivity contribution in [1.29, 1.82) is 0 Å². The monoisotopic (exact) mass is 478 g/mol. The zero-order valence-electron chi connectivity index (χ0n) is 22.1. The third-order valence-electron chi connectivity index (χ3n) is 6.65. The first kappa shape index (κ1) is 30.3. The molecule has 0 aromatic heterocycles. The van der Waals surface area contributed by atoms with Crippen molar-refractivity contribution < 1.29 is 19.4 Å². The maximum Gasteiger partial charge on any atom is 0.309 e. The molecule has 0 aromatic carbocycles. The quantitative estimate of drug-likeness (QED) is 0.130. The SMILES string of the molecule is CCCCCCCCC=CCCCCCCC(C(=O)C1=NCCN1CCO)C(C)C(=O)OCC. The molecule has 196 valence electrons. The second kappa shape index (κ2) is 19.6. The fourth-order valence-electron chi connectivity index (χ4n) is 4.52. The van der Waals surface area contributed by atoms with E-state index >= 15 is 0 Å². The van der Waals surface area contributed by atoms with Crippen molar-refractivity contribution in [2.45, 2.75) is 104 Å². The Morgan fingerprint density at radius 3 is 2.24 bits per heavy atom. The number of ether oxygens (including phenoxy) is 1. The molecule has 1 aliphatic heterocycles. The van der Waals surface area contributed by atoms with E-state index in [1.165, 1.54) is 44.9 Å². The number of allylic oxidation sites excluding steroid dienone is 2. The molecule has 0 saturated carbocycles. The maximum absolute atomic E-state index is 13.3. The fraction of sp³-hybridized carbons (Fsp3) is 0.821. The summed E-state index contributed by atoms with van der Waals surface area (Å²) >= 11 is 0. The number of esters is 1. The first-order chi connectivity index (χ1) is 16.6. The van der Waals surface area contributed by atoms with Gasteiger partial charge in [-0.2, -0.15) is 0 Å². The van der Waals surface area contributed by atoms with Gasteiger partial charge < -0.3 is 14.7 Å². The molecule has 6 heteroatoms. The number of hydrogen-bond donors (Lipinski definition) is 1. The van der Waals surface area contributed by atoms with Crippen LogP contribution in [0.25, 0.3) is 0 Å². The zero-order valence-corrected chi connectivity index (χ0v) is 22.1. The molecule has 0 radical (unpaired) electrons. The summed E-state index contributed by atoms with van der Waals surface area (Å²) in [6.45, 7) is 7.74. The molecular formula is C28H50N2O4. The molecule has 2 unspecified atom stereocenters. The Morgan fingerprint density at radius 1 is 1.00 bits per heavy atom. The van der Waals surface area contributed by atoms with E-state index in [1.807, 2.05) is 4.90 Å². The number of carbonyl (C=O) groups excluding carboxylic acids is 2. The van der Waals surface area contributed by atoms with Crippen molar-refractivity contribution in [3.8, 4) is 0 Å². The highest BCUT2D eigenvalue weighted by Gasteiger charge is 2.36. The van der Waals surface area contributed by atoms with Gasteiger partial charge in [0.2, 0.25) is 5.78 Å². The van der Waals surface area contributed by atoms with Crippen molar-refractivity contribution >= 4 is 17.6 Å². The minimum atomic E-state index is -0.489. The molecule has 2 atom stereocenters. The van der Waals surface area contributed by atoms with Gasteiger partial charge in [-0.15, -0.1) is 0 Å². The lowest BCUT2D eigenvalue weighted by Crippen LogP contribution is -2.41. The molecule has 0 aliphatic carbocycles. The lowest BCUT2D eigenvalue weighted by atomic mass is 9.84. The van der Waals surface area contributed by atoms with E-state index in [0.717, 1.165) is 32.1 Å². The van der Waals surface area contributed by atoms with Crippen LogP contribution in [-0.4, -0.2) is 60.4 Å². The maximum atomic E-state index is 13.3. The molecule has 0 fully saturated rings. The molecule has 0 aromatic rings. The number of carbonyl (C=O) groups is 2. The molecular weight excluding hydrogens is 428 g/mol. The second-order valence-electron chi connectivity index (χ2n) is 9.45. The van der Waals surface area contributed by atoms with Crippen molar-refractivity contribution in [3.63, 3.8) is 0 Å². The molecule has 6 nitrogen and oxygen atoms in total. The predicted molar refractivity (Wildman–Crippen MR) is 140 cm³/mol. The fourth-order valence-corrected chi connectivity index (χ4v) is 4.52. The molecule has 1 heterocycles. The minimum absolute atomic E-state index is 0.0161. The van der Waals surface area contributed by atoms with E-state index in [-0.39, 0.29) is 18.4 Å². The van der Waals surface area contributed by atoms with Gasteiger partial charge in [-0.05, 0) is 39.0 Å². The van der Waals surface area contributed by atoms with E-state index in [4.69, 9.17) is 4.74 Å². The highest BCUT2D eigenvalue weighted by molar-refractivity contribution is 6.40. The summed E-state index contributed by atoms with van der Waals surface area (Å²) in [6.07, 6.45) is 19.9. The van der Waals surface area contributed by atoms with Crippen molar-refractivity contribution in [3.05, 3.63) is 12.2 Å². The predicted octanol–water partition coefficient (Wildman–Crippen LogP) is 5.72. The average molecular weight is 479 g/mol. The molecule has 34 heavy (non-hydrogen) atoms. The Bertz CT molecular complexity index is 618. The Balaban J connectivity index is 2.37. The van der Waals surface area contributed by atoms with E-state index in [2.05, 4.69) is 24.1 Å². The Kier molecular flexibility index (Phi) is 17.5. The Morgan fingerprint density at radius 2 is 1.62 bits per heavy atom. The molecule has 1 N–H and O–H groups in total. The number of aliphatic imine (C=N–C) groups is 1. The number of Topliss-reactive ketones (excluding diaryl/α,β-unsaturated/α-hetero) is 1. The van der Waals surface area contributed by atoms with Gasteiger partial charge in [0.15, 0.2) is 5.84 Å². The van der Waals surface area contributed by atoms with E-state index in [9.17, 15) is 14.7 Å². The number of unbranched alkanes of at least 4 members (excludes halogenated alkanes) is 10. The number of aliphatic hydroxyl groups is 1. The van der Waals surface area contributed by atoms with Crippen LogP contribution in [0.2, 0.25) is 0 Å². The van der Waals surface area contributed by atoms with Gasteiger partial charge in [-0.3, -0.25) is 14.6 Å². The first-order valence-corrected chi connectivity index (χ1v) is 13.8. The van der Waals surface area contributed by atoms with Crippen molar-refractivity contribution in [2.75, 3.05) is 32.8 Å². The summed E-state index contributed by atoms with van der Waals surface area (Å²) in [7, 11) is 0. The van der Waals surface area contributed by atoms with Crippen LogP contribution in [0.4, 0.5) is 0 Å². The van der Waals surface area contributed by atoms with Crippen LogP contribution in [0.3, 0.4) is 0 Å². The number of hydrogen-bond acceptors (Lipinski definition) is 6. The largest absolute Gasteiger partial charge is 0.466 e. The Hall–Kier alpha value is -1.69. The summed E-state index contributed by atoms with van der Waals surface area (Å²) in [5.74, 6) is -0.885. The summed E-state index contributed by atoms with van der Waals surface area (Å²) in [4.78, 5) is 31.9. The molecule has 1 aliphatic rings. The van der Waals surface area contributed by atoms with Gasteiger partial charge in [0.1, 0.15) is 0 Å². The van der Waals surface area contributed by atoms with E-state index < -0.39 is 11.8 Å². The van der Waals surface area contributed by atoms with Gasteiger partial charge in [0, 0.05) is 19.0 Å². The summed E-state index contributed by atoms with van der Waals surface area (Å²) in [5, 5.41) is 9.29. The number of amidine groups is 1. The van der Waals surface area contributed by atoms with Crippen molar-refractivity contribution in [1.82, 2.24) is 4.90 Å². The molecule has 0 saturated heterocycles. The van der Waals surface area contributed by atoms with Gasteiger partial charge >= 0.3 is 5.97 Å². The van der Waals surface area contributed by atoms with Crippen LogP contribution < -0.4 is 0 Å². The second-order valence-corrected chi connectivity index (χ2v) is 9.45. The van der Waals surface area contributed by atoms with Crippen LogP contribution >= 0.6 is 0 Å². The standard InChI is InChI=1S/C28H50N2O4/c1-4-6-7-8-9-10-11-12-13-14-15-16-17-18-19-25(24(3)28(33)34-5-2)26(32)27-29-20-21-30(27)22-23-31/h12-13,24-25,31H,4-11,14-23H2,1-3H3. The number of nitrogens with zero attached hydrogens (tertiary/aromatic N) is 2. The highest BCUT2D eigenvalue weighted by Crippen LogP contribution is 2.24. The Labute approximate surface area is 208 Å². The molecule has 0 bridgehead atoms. The highest BCUT2D eigenvalue weighted by atomic mass is 16.5. The summed E-state index contributed by atoms with van der Waals surface area (Å²) in [5.41, 5.74) is 0. The summed E-state index contributed by atoms with van der Waals surface area (Å²) in [6, 6.07) is 0. The third kappa shape index (κ3) is 12.1. The normalized spacial score (nSPS) is 15.5. The number of aliphatic hydroxyl groups excluding tert-OH is 1. The van der Waals surface area contributed by atoms with E-state index in [1.54, 1.807) is 13.8 Å². The lowest BCUT2D eigenvalue weighted by Gasteiger charge is -2.25. The van der Waals surface area contributed by atoms with Gasteiger partial charge in [0.05, 0.1) is 25.7 Å². The molecule has 0 spiro atoms. The number of rotatable bonds is 21. The summed E-state index contributed by atoms with van der Waals surface area (Å²) < 4.78 is 5.20. The smallest absolute Gasteiger partial charge is 0.309 e. The van der Waals surface area contributed by atoms with Crippen LogP contribution in [0.5, 0.6) is 0 Å². The minimum Gasteiger partial charge on any atom is -0.466 e. The number of β-amino-alcohol motifs (C(OH)–C–C–N with tert-alkyl or cyclic N) is 1. The van der Waals surface area contributed by atoms with Crippen LogP contribution in [-0.2, 0) is 14.3 Å². The third-order valence-corrected chi connectivity index (χ3v) is 6.65. The van der Waals surface area contributed by atoms with Crippen LogP contribution in [0.1, 0.15) is 104 Å². The zero-order chi connectivity index (χ0) is 25.0. The first-order valence-electron chi connectivity index (χ1n) is 13.8. The number of ketones is 1. The van der Waals surface area contributed by atoms with Crippen LogP contribution in [0.15, 0.2) is 17.1 Å². The molecule has 1 rings (SSSR count). The van der Waals surface area contributed by atoms with Crippen LogP contribution in [0, 0.1) is 11.8 Å². The molecule has 0 amide bonds. The lowest BCUT2D eigenvalue weighted by molar-refractivity contribution is -0.151. The topological polar surface area (TPSA) is 79.2 Å².